The summed E-state index contributed by atoms with van der Waals surface area (Å²) in [6, 6.07) is 7.71. The minimum absolute atomic E-state index is 0.462. The zero-order chi connectivity index (χ0) is 20.1. The Labute approximate surface area is 173 Å². The Balaban J connectivity index is 1.33. The van der Waals surface area contributed by atoms with Crippen molar-refractivity contribution in [1.82, 2.24) is 14.9 Å². The summed E-state index contributed by atoms with van der Waals surface area (Å²) >= 11 is 0. The maximum absolute atomic E-state index is 6.32. The third-order valence-corrected chi connectivity index (χ3v) is 6.44. The summed E-state index contributed by atoms with van der Waals surface area (Å²) in [6.07, 6.45) is 11.3. The van der Waals surface area contributed by atoms with Gasteiger partial charge in [0, 0.05) is 30.1 Å². The fraction of sp³-hybridized carbons (Fsp3) is 0.565. The van der Waals surface area contributed by atoms with Crippen molar-refractivity contribution in [2.45, 2.75) is 50.9 Å². The van der Waals surface area contributed by atoms with Crippen LogP contribution < -0.4 is 15.8 Å². The van der Waals surface area contributed by atoms with Gasteiger partial charge in [-0.25, -0.2) is 4.98 Å². The fourth-order valence-corrected chi connectivity index (χ4v) is 4.77. The van der Waals surface area contributed by atoms with Crippen LogP contribution in [0.1, 0.15) is 56.4 Å². The average molecular weight is 396 g/mol. The van der Waals surface area contributed by atoms with Crippen LogP contribution in [0.5, 0.6) is 5.75 Å². The van der Waals surface area contributed by atoms with E-state index in [1.165, 1.54) is 38.6 Å². The summed E-state index contributed by atoms with van der Waals surface area (Å²) in [4.78, 5) is 11.7. The molecule has 0 atom stereocenters. The lowest BCUT2D eigenvalue weighted by molar-refractivity contribution is 0.164. The average Bonchev–Trinajstić information content (AvgIpc) is 2.75. The highest BCUT2D eigenvalue weighted by atomic mass is 16.5. The maximum atomic E-state index is 6.32. The Kier molecular flexibility index (Phi) is 6.49. The topological polar surface area (TPSA) is 76.3 Å². The number of likely N-dealkylation sites (tertiary alicyclic amines) is 1. The van der Waals surface area contributed by atoms with Crippen molar-refractivity contribution >= 4 is 17.5 Å². The summed E-state index contributed by atoms with van der Waals surface area (Å²) in [5.74, 6) is 3.28. The van der Waals surface area contributed by atoms with E-state index in [1.807, 2.05) is 30.5 Å². The largest absolute Gasteiger partial charge is 0.497 e. The van der Waals surface area contributed by atoms with Gasteiger partial charge in [0.2, 0.25) is 5.95 Å². The number of nitrogens with one attached hydrogen (secondary N) is 1. The van der Waals surface area contributed by atoms with Gasteiger partial charge in [-0.05, 0) is 62.7 Å². The highest BCUT2D eigenvalue weighted by Crippen LogP contribution is 2.33. The van der Waals surface area contributed by atoms with E-state index in [0.29, 0.717) is 17.7 Å². The maximum Gasteiger partial charge on any atom is 0.229 e. The van der Waals surface area contributed by atoms with Gasteiger partial charge >= 0.3 is 0 Å². The van der Waals surface area contributed by atoms with Crippen molar-refractivity contribution in [2.24, 2.45) is 5.92 Å². The van der Waals surface area contributed by atoms with Crippen LogP contribution in [0, 0.1) is 5.92 Å². The number of piperidine rings is 1. The number of rotatable bonds is 6. The highest BCUT2D eigenvalue weighted by Gasteiger charge is 2.25. The second-order valence-corrected chi connectivity index (χ2v) is 8.47. The Morgan fingerprint density at radius 2 is 1.93 bits per heavy atom. The first-order chi connectivity index (χ1) is 14.2. The smallest absolute Gasteiger partial charge is 0.229 e. The number of aromatic nitrogens is 2. The first-order valence-electron chi connectivity index (χ1n) is 11.0. The van der Waals surface area contributed by atoms with Gasteiger partial charge in [-0.15, -0.1) is 0 Å². The van der Waals surface area contributed by atoms with E-state index < -0.39 is 0 Å². The number of nitrogens with two attached hydrogens (primary N) is 1. The quantitative estimate of drug-likeness (QED) is 0.746. The van der Waals surface area contributed by atoms with Gasteiger partial charge in [0.15, 0.2) is 0 Å². The molecule has 1 saturated heterocycles. The molecule has 6 heteroatoms. The van der Waals surface area contributed by atoms with E-state index in [-0.39, 0.29) is 0 Å². The molecule has 4 rings (SSSR count). The first-order valence-corrected chi connectivity index (χ1v) is 11.0. The second kappa shape index (κ2) is 9.44. The predicted molar refractivity (Wildman–Crippen MR) is 118 cm³/mol. The van der Waals surface area contributed by atoms with Gasteiger partial charge in [-0.2, -0.15) is 4.98 Å². The molecule has 1 aromatic carbocycles. The molecule has 2 aliphatic rings. The van der Waals surface area contributed by atoms with Crippen molar-refractivity contribution in [3.05, 3.63) is 36.0 Å². The number of anilines is 3. The number of ether oxygens (including phenoxy) is 1. The summed E-state index contributed by atoms with van der Waals surface area (Å²) in [5, 5.41) is 3.21. The molecular formula is C23H33N5O. The molecule has 3 N–H and O–H groups in total. The zero-order valence-corrected chi connectivity index (χ0v) is 17.4. The van der Waals surface area contributed by atoms with E-state index in [9.17, 15) is 0 Å². The minimum atomic E-state index is 0.462. The van der Waals surface area contributed by atoms with Crippen LogP contribution in [-0.4, -0.2) is 41.6 Å². The van der Waals surface area contributed by atoms with Gasteiger partial charge in [0.05, 0.1) is 7.11 Å². The van der Waals surface area contributed by atoms with Gasteiger partial charge in [-0.1, -0.05) is 25.3 Å². The number of hydrogen-bond acceptors (Lipinski definition) is 6. The number of nitrogens with zero attached hydrogens (tertiary/aromatic N) is 3. The molecule has 0 spiro atoms. The molecule has 0 amide bonds. The van der Waals surface area contributed by atoms with Crippen LogP contribution >= 0.6 is 0 Å². The fourth-order valence-electron chi connectivity index (χ4n) is 4.77. The zero-order valence-electron chi connectivity index (χ0n) is 17.4. The van der Waals surface area contributed by atoms with Crippen molar-refractivity contribution < 1.29 is 4.74 Å². The number of nitrogen functional groups attached to an aromatic ring is 1. The first kappa shape index (κ1) is 20.0. The van der Waals surface area contributed by atoms with Gasteiger partial charge in [0.25, 0.3) is 0 Å². The van der Waals surface area contributed by atoms with E-state index in [2.05, 4.69) is 20.2 Å². The molecular weight excluding hydrogens is 362 g/mol. The monoisotopic (exact) mass is 395 g/mol. The van der Waals surface area contributed by atoms with E-state index in [0.717, 1.165) is 48.8 Å². The Bertz CT molecular complexity index is 798. The summed E-state index contributed by atoms with van der Waals surface area (Å²) in [5.41, 5.74) is 8.29. The number of hydrogen-bond donors (Lipinski definition) is 2. The van der Waals surface area contributed by atoms with Crippen molar-refractivity contribution in [3.63, 3.8) is 0 Å². The van der Waals surface area contributed by atoms with E-state index >= 15 is 0 Å². The van der Waals surface area contributed by atoms with Crippen molar-refractivity contribution in [1.29, 1.82) is 0 Å². The van der Waals surface area contributed by atoms with E-state index in [1.54, 1.807) is 7.11 Å². The summed E-state index contributed by atoms with van der Waals surface area (Å²) in [7, 11) is 1.66. The molecule has 6 nitrogen and oxygen atoms in total. The minimum Gasteiger partial charge on any atom is -0.497 e. The second-order valence-electron chi connectivity index (χ2n) is 8.47. The number of methoxy groups -OCH3 is 1. The molecule has 0 radical (unpaired) electrons. The standard InChI is InChI=1S/C23H33N5O/c1-29-20-9-5-8-19(14-20)26-23-25-15-21(22(24)27-23)18-10-12-28(13-11-18)16-17-6-3-2-4-7-17/h5,8-9,14-15,17-18H,2-4,6-7,10-13,16H2,1H3,(H3,24,25,26,27). The molecule has 0 unspecified atom stereocenters. The molecule has 1 aliphatic carbocycles. The normalized spacial score (nSPS) is 19.2. The molecule has 2 aromatic rings. The number of benzene rings is 1. The Hall–Kier alpha value is -2.34. The van der Waals surface area contributed by atoms with Crippen LogP contribution in [-0.2, 0) is 0 Å². The molecule has 29 heavy (non-hydrogen) atoms. The van der Waals surface area contributed by atoms with Crippen molar-refractivity contribution in [3.8, 4) is 5.75 Å². The van der Waals surface area contributed by atoms with Crippen LogP contribution in [0.25, 0.3) is 0 Å². The highest BCUT2D eigenvalue weighted by molar-refractivity contribution is 5.57. The predicted octanol–water partition coefficient (Wildman–Crippen LogP) is 4.57. The molecule has 156 valence electrons. The van der Waals surface area contributed by atoms with Crippen LogP contribution in [0.4, 0.5) is 17.5 Å². The Morgan fingerprint density at radius 3 is 2.66 bits per heavy atom. The van der Waals surface area contributed by atoms with Gasteiger partial charge in [0.1, 0.15) is 11.6 Å². The third kappa shape index (κ3) is 5.18. The lowest BCUT2D eigenvalue weighted by atomic mass is 9.87. The van der Waals surface area contributed by atoms with Crippen LogP contribution in [0.2, 0.25) is 0 Å². The SMILES string of the molecule is COc1cccc(Nc2ncc(C3CCN(CC4CCCCC4)CC3)c(N)n2)c1. The van der Waals surface area contributed by atoms with Crippen LogP contribution in [0.3, 0.4) is 0 Å². The lowest BCUT2D eigenvalue weighted by Crippen LogP contribution is -2.37. The Morgan fingerprint density at radius 1 is 1.14 bits per heavy atom. The summed E-state index contributed by atoms with van der Waals surface area (Å²) < 4.78 is 5.26. The molecule has 1 saturated carbocycles. The van der Waals surface area contributed by atoms with Crippen LogP contribution in [0.15, 0.2) is 30.5 Å². The molecule has 0 bridgehead atoms. The van der Waals surface area contributed by atoms with E-state index in [4.69, 9.17) is 10.5 Å². The molecule has 2 fully saturated rings. The summed E-state index contributed by atoms with van der Waals surface area (Å²) in [6.45, 7) is 3.59. The third-order valence-electron chi connectivity index (χ3n) is 6.44. The molecule has 1 aliphatic heterocycles. The van der Waals surface area contributed by atoms with Crippen molar-refractivity contribution in [2.75, 3.05) is 37.8 Å². The molecule has 2 heterocycles. The van der Waals surface area contributed by atoms with Gasteiger partial charge in [-0.3, -0.25) is 0 Å². The molecule has 1 aromatic heterocycles. The lowest BCUT2D eigenvalue weighted by Gasteiger charge is -2.35. The van der Waals surface area contributed by atoms with Gasteiger partial charge < -0.3 is 20.7 Å².